The molecule has 0 heterocycles. The highest BCUT2D eigenvalue weighted by Gasteiger charge is 2.20. The maximum Gasteiger partial charge on any atom is 0.326 e. The molecule has 0 aromatic heterocycles. The van der Waals surface area contributed by atoms with E-state index in [0.717, 1.165) is 6.07 Å². The molecule has 1 aromatic carbocycles. The smallest absolute Gasteiger partial charge is 0.326 e. The molecule has 1 amide bonds. The monoisotopic (exact) mass is 239 g/mol. The van der Waals surface area contributed by atoms with Crippen LogP contribution in [0.15, 0.2) is 18.2 Å². The number of carboxylic acids is 1. The lowest BCUT2D eigenvalue weighted by Gasteiger charge is -2.12. The average Bonchev–Trinajstić information content (AvgIpc) is 2.24. The Bertz CT molecular complexity index is 443. The summed E-state index contributed by atoms with van der Waals surface area (Å²) in [5.74, 6) is -2.41. The van der Waals surface area contributed by atoms with Crippen LogP contribution in [-0.2, 0) is 4.79 Å². The quantitative estimate of drug-likeness (QED) is 0.618. The van der Waals surface area contributed by atoms with Crippen molar-refractivity contribution in [1.82, 2.24) is 5.32 Å². The molecule has 1 rings (SSSR count). The summed E-state index contributed by atoms with van der Waals surface area (Å²) in [7, 11) is 0. The van der Waals surface area contributed by atoms with Gasteiger partial charge in [-0.15, -0.1) is 0 Å². The number of hydrogen-bond acceptors (Lipinski definition) is 4. The Morgan fingerprint density at radius 2 is 2.00 bits per heavy atom. The fourth-order valence-electron chi connectivity index (χ4n) is 1.29. The molecule has 0 aliphatic rings. The molecule has 0 aliphatic carbocycles. The molecule has 0 saturated carbocycles. The Morgan fingerprint density at radius 1 is 1.35 bits per heavy atom. The minimum Gasteiger partial charge on any atom is -0.508 e. The van der Waals surface area contributed by atoms with E-state index < -0.39 is 23.7 Å². The van der Waals surface area contributed by atoms with Crippen molar-refractivity contribution in [1.29, 1.82) is 0 Å². The van der Waals surface area contributed by atoms with Gasteiger partial charge in [0.25, 0.3) is 5.91 Å². The second kappa shape index (κ2) is 5.20. The van der Waals surface area contributed by atoms with Crippen molar-refractivity contribution in [2.24, 2.45) is 0 Å². The molecule has 0 radical (unpaired) electrons. The Hall–Kier alpha value is -2.24. The van der Waals surface area contributed by atoms with Gasteiger partial charge >= 0.3 is 5.97 Å². The van der Waals surface area contributed by atoms with E-state index in [1.807, 2.05) is 0 Å². The number of carbonyl (C=O) groups excluding carboxylic acids is 1. The zero-order chi connectivity index (χ0) is 13.0. The molecule has 1 atom stereocenters. The number of rotatable bonds is 4. The normalized spacial score (nSPS) is 11.8. The predicted molar refractivity (Wildman–Crippen MR) is 59.0 cm³/mol. The molecule has 0 bridgehead atoms. The summed E-state index contributed by atoms with van der Waals surface area (Å²) < 4.78 is 0. The van der Waals surface area contributed by atoms with Crippen molar-refractivity contribution in [3.05, 3.63) is 23.8 Å². The van der Waals surface area contributed by atoms with Crippen LogP contribution in [0.25, 0.3) is 0 Å². The second-order valence-electron chi connectivity index (χ2n) is 3.47. The Balaban J connectivity index is 2.86. The zero-order valence-electron chi connectivity index (χ0n) is 9.17. The Labute approximate surface area is 97.5 Å². The van der Waals surface area contributed by atoms with E-state index >= 15 is 0 Å². The summed E-state index contributed by atoms with van der Waals surface area (Å²) in [5, 5.41) is 29.5. The highest BCUT2D eigenvalue weighted by Crippen LogP contribution is 2.22. The molecule has 4 N–H and O–H groups in total. The lowest BCUT2D eigenvalue weighted by molar-refractivity contribution is -0.139. The first-order valence-electron chi connectivity index (χ1n) is 5.01. The first-order valence-corrected chi connectivity index (χ1v) is 5.01. The molecule has 6 nitrogen and oxygen atoms in total. The van der Waals surface area contributed by atoms with Gasteiger partial charge in [0.2, 0.25) is 0 Å². The molecule has 92 valence electrons. The van der Waals surface area contributed by atoms with Crippen LogP contribution < -0.4 is 5.32 Å². The van der Waals surface area contributed by atoms with Gasteiger partial charge in [-0.2, -0.15) is 0 Å². The van der Waals surface area contributed by atoms with E-state index in [1.165, 1.54) is 12.1 Å². The van der Waals surface area contributed by atoms with E-state index in [2.05, 4.69) is 5.32 Å². The molecular formula is C11H13NO5. The summed E-state index contributed by atoms with van der Waals surface area (Å²) in [6.07, 6.45) is 0.236. The van der Waals surface area contributed by atoms with E-state index in [1.54, 1.807) is 6.92 Å². The van der Waals surface area contributed by atoms with Gasteiger partial charge in [-0.3, -0.25) is 4.79 Å². The third-order valence-corrected chi connectivity index (χ3v) is 2.24. The number of hydrogen-bond donors (Lipinski definition) is 4. The van der Waals surface area contributed by atoms with Crippen molar-refractivity contribution in [2.45, 2.75) is 19.4 Å². The number of amides is 1. The van der Waals surface area contributed by atoms with E-state index in [0.29, 0.717) is 0 Å². The largest absolute Gasteiger partial charge is 0.508 e. The number of phenolic OH excluding ortho intramolecular Hbond substituents is 2. The number of nitrogens with one attached hydrogen (secondary N) is 1. The molecule has 17 heavy (non-hydrogen) atoms. The number of carbonyl (C=O) groups is 2. The van der Waals surface area contributed by atoms with E-state index in [-0.39, 0.29) is 17.7 Å². The minimum absolute atomic E-state index is 0.0810. The van der Waals surface area contributed by atoms with Crippen molar-refractivity contribution in [3.8, 4) is 11.5 Å². The van der Waals surface area contributed by atoms with Crippen molar-refractivity contribution < 1.29 is 24.9 Å². The van der Waals surface area contributed by atoms with Crippen LogP contribution in [-0.4, -0.2) is 33.2 Å². The van der Waals surface area contributed by atoms with Gasteiger partial charge in [0.05, 0.1) is 5.56 Å². The van der Waals surface area contributed by atoms with Gasteiger partial charge in [-0.1, -0.05) is 6.92 Å². The fraction of sp³-hybridized carbons (Fsp3) is 0.273. The molecular weight excluding hydrogens is 226 g/mol. The lowest BCUT2D eigenvalue weighted by Crippen LogP contribution is -2.40. The maximum absolute atomic E-state index is 11.6. The van der Waals surface area contributed by atoms with Crippen LogP contribution >= 0.6 is 0 Å². The van der Waals surface area contributed by atoms with Gasteiger partial charge in [-0.25, -0.2) is 4.79 Å². The van der Waals surface area contributed by atoms with Crippen LogP contribution in [0.5, 0.6) is 11.5 Å². The van der Waals surface area contributed by atoms with Crippen LogP contribution in [0.3, 0.4) is 0 Å². The first kappa shape index (κ1) is 12.8. The summed E-state index contributed by atoms with van der Waals surface area (Å²) in [5.41, 5.74) is -0.0810. The minimum atomic E-state index is -1.14. The fourth-order valence-corrected chi connectivity index (χ4v) is 1.29. The molecule has 0 fully saturated rings. The van der Waals surface area contributed by atoms with Gasteiger partial charge in [0, 0.05) is 6.07 Å². The summed E-state index contributed by atoms with van der Waals surface area (Å²) >= 11 is 0. The number of aliphatic carboxylic acids is 1. The van der Waals surface area contributed by atoms with Crippen LogP contribution in [0.4, 0.5) is 0 Å². The highest BCUT2D eigenvalue weighted by molar-refractivity contribution is 5.98. The van der Waals surface area contributed by atoms with Crippen LogP contribution in [0, 0.1) is 0 Å². The molecule has 0 aliphatic heterocycles. The van der Waals surface area contributed by atoms with Crippen molar-refractivity contribution in [3.63, 3.8) is 0 Å². The summed E-state index contributed by atoms with van der Waals surface area (Å²) in [6.45, 7) is 1.62. The van der Waals surface area contributed by atoms with Gasteiger partial charge in [0.15, 0.2) is 0 Å². The average molecular weight is 239 g/mol. The Morgan fingerprint density at radius 3 is 2.47 bits per heavy atom. The topological polar surface area (TPSA) is 107 Å². The lowest BCUT2D eigenvalue weighted by atomic mass is 10.1. The zero-order valence-corrected chi connectivity index (χ0v) is 9.17. The SMILES string of the molecule is CCC(NC(=O)c1ccc(O)cc1O)C(=O)O. The second-order valence-corrected chi connectivity index (χ2v) is 3.47. The standard InChI is InChI=1S/C11H13NO5/c1-2-8(11(16)17)12-10(15)7-4-3-6(13)5-9(7)14/h3-5,8,13-14H,2H2,1H3,(H,12,15)(H,16,17). The summed E-state index contributed by atoms with van der Waals surface area (Å²) in [4.78, 5) is 22.4. The van der Waals surface area contributed by atoms with E-state index in [9.17, 15) is 14.7 Å². The highest BCUT2D eigenvalue weighted by atomic mass is 16.4. The molecule has 6 heteroatoms. The molecule has 1 unspecified atom stereocenters. The summed E-state index contributed by atoms with van der Waals surface area (Å²) in [6, 6.07) is 2.46. The van der Waals surface area contributed by atoms with Gasteiger partial charge in [0.1, 0.15) is 17.5 Å². The number of phenols is 2. The van der Waals surface area contributed by atoms with Crippen molar-refractivity contribution >= 4 is 11.9 Å². The third-order valence-electron chi connectivity index (χ3n) is 2.24. The number of benzene rings is 1. The van der Waals surface area contributed by atoms with Gasteiger partial charge < -0.3 is 20.6 Å². The Kier molecular flexibility index (Phi) is 3.92. The van der Waals surface area contributed by atoms with Crippen LogP contribution in [0.2, 0.25) is 0 Å². The molecule has 0 saturated heterocycles. The maximum atomic E-state index is 11.6. The van der Waals surface area contributed by atoms with Crippen LogP contribution in [0.1, 0.15) is 23.7 Å². The third kappa shape index (κ3) is 3.10. The predicted octanol–water partition coefficient (Wildman–Crippen LogP) is 0.691. The first-order chi connectivity index (χ1) is 7.95. The van der Waals surface area contributed by atoms with Gasteiger partial charge in [-0.05, 0) is 18.6 Å². The number of aromatic hydroxyl groups is 2. The number of carboxylic acid groups (broad SMARTS) is 1. The van der Waals surface area contributed by atoms with E-state index in [4.69, 9.17) is 10.2 Å². The van der Waals surface area contributed by atoms with Crippen molar-refractivity contribution in [2.75, 3.05) is 0 Å². The molecule has 0 spiro atoms. The molecule has 1 aromatic rings.